The Morgan fingerprint density at radius 1 is 1.11 bits per heavy atom. The Bertz CT molecular complexity index is 879. The van der Waals surface area contributed by atoms with E-state index in [-0.39, 0.29) is 11.5 Å². The zero-order chi connectivity index (χ0) is 20.3. The van der Waals surface area contributed by atoms with E-state index in [0.717, 1.165) is 12.4 Å². The molecule has 2 aromatic rings. The molecule has 7 nitrogen and oxygen atoms in total. The predicted octanol–water partition coefficient (Wildman–Crippen LogP) is 2.53. The molecule has 1 fully saturated rings. The Morgan fingerprint density at radius 2 is 1.75 bits per heavy atom. The van der Waals surface area contributed by atoms with Gasteiger partial charge in [0, 0.05) is 36.7 Å². The molecule has 1 aliphatic rings. The Hall–Kier alpha value is -3.01. The van der Waals surface area contributed by atoms with Crippen molar-refractivity contribution < 1.29 is 27.5 Å². The third-order valence-electron chi connectivity index (χ3n) is 4.20. The molecule has 0 radical (unpaired) electrons. The second kappa shape index (κ2) is 7.93. The normalized spacial score (nSPS) is 14.6. The average molecular weight is 394 g/mol. The Labute approximate surface area is 158 Å². The molecule has 2 amide bonds. The summed E-state index contributed by atoms with van der Waals surface area (Å²) in [5, 5.41) is 2.59. The zero-order valence-corrected chi connectivity index (χ0v) is 14.9. The van der Waals surface area contributed by atoms with E-state index < -0.39 is 17.9 Å². The number of nitrogens with zero attached hydrogens (tertiary/aromatic N) is 3. The fourth-order valence-corrected chi connectivity index (χ4v) is 2.62. The maximum Gasteiger partial charge on any atom is 0.451 e. The quantitative estimate of drug-likeness (QED) is 0.865. The van der Waals surface area contributed by atoms with Crippen molar-refractivity contribution in [1.29, 1.82) is 0 Å². The van der Waals surface area contributed by atoms with Crippen LogP contribution < -0.4 is 5.32 Å². The molecule has 1 aromatic heterocycles. The van der Waals surface area contributed by atoms with Crippen molar-refractivity contribution in [3.05, 3.63) is 53.1 Å². The number of aryl methyl sites for hydroxylation is 1. The number of morpholine rings is 1. The molecule has 10 heteroatoms. The molecule has 0 atom stereocenters. The van der Waals surface area contributed by atoms with Crippen molar-refractivity contribution >= 4 is 17.5 Å². The Balaban J connectivity index is 1.76. The summed E-state index contributed by atoms with van der Waals surface area (Å²) in [5.74, 6) is -2.18. The summed E-state index contributed by atoms with van der Waals surface area (Å²) >= 11 is 0. The van der Waals surface area contributed by atoms with Gasteiger partial charge in [0.05, 0.1) is 18.8 Å². The molecule has 0 saturated carbocycles. The summed E-state index contributed by atoms with van der Waals surface area (Å²) in [6.07, 6.45) is -3.06. The second-order valence-electron chi connectivity index (χ2n) is 6.18. The number of hydrogen-bond acceptors (Lipinski definition) is 5. The van der Waals surface area contributed by atoms with Crippen molar-refractivity contribution in [2.24, 2.45) is 0 Å². The van der Waals surface area contributed by atoms with E-state index in [0.29, 0.717) is 43.1 Å². The molecular weight excluding hydrogens is 377 g/mol. The summed E-state index contributed by atoms with van der Waals surface area (Å²) in [6.45, 7) is 3.64. The van der Waals surface area contributed by atoms with Gasteiger partial charge in [-0.15, -0.1) is 0 Å². The molecule has 1 saturated heterocycles. The number of rotatable bonds is 3. The summed E-state index contributed by atoms with van der Waals surface area (Å²) < 4.78 is 42.8. The number of hydrogen-bond donors (Lipinski definition) is 1. The number of alkyl halides is 3. The van der Waals surface area contributed by atoms with Gasteiger partial charge in [-0.2, -0.15) is 13.2 Å². The van der Waals surface area contributed by atoms with E-state index in [4.69, 9.17) is 4.74 Å². The number of ether oxygens (including phenoxy) is 1. The number of anilines is 1. The van der Waals surface area contributed by atoms with Crippen LogP contribution in [0.5, 0.6) is 0 Å². The molecule has 0 spiro atoms. The highest BCUT2D eigenvalue weighted by Crippen LogP contribution is 2.25. The van der Waals surface area contributed by atoms with E-state index in [9.17, 15) is 22.8 Å². The number of carbonyl (C=O) groups excluding carboxylic acids is 2. The topological polar surface area (TPSA) is 84.4 Å². The molecule has 148 valence electrons. The maximum atomic E-state index is 12.6. The molecule has 0 unspecified atom stereocenters. The van der Waals surface area contributed by atoms with Crippen LogP contribution >= 0.6 is 0 Å². The van der Waals surface area contributed by atoms with E-state index in [1.54, 1.807) is 24.0 Å². The van der Waals surface area contributed by atoms with Crippen LogP contribution in [0.25, 0.3) is 0 Å². The minimum absolute atomic E-state index is 0.127. The van der Waals surface area contributed by atoms with Crippen molar-refractivity contribution in [3.63, 3.8) is 0 Å². The minimum Gasteiger partial charge on any atom is -0.378 e. The van der Waals surface area contributed by atoms with E-state index in [2.05, 4.69) is 15.3 Å². The Morgan fingerprint density at radius 3 is 2.36 bits per heavy atom. The van der Waals surface area contributed by atoms with Crippen LogP contribution in [0.15, 0.2) is 30.6 Å². The first-order chi connectivity index (χ1) is 13.3. The highest BCUT2D eigenvalue weighted by atomic mass is 19.4. The van der Waals surface area contributed by atoms with Gasteiger partial charge in [0.2, 0.25) is 5.82 Å². The summed E-state index contributed by atoms with van der Waals surface area (Å²) in [7, 11) is 0. The lowest BCUT2D eigenvalue weighted by molar-refractivity contribution is -0.145. The number of nitrogens with one attached hydrogen (secondary N) is 1. The predicted molar refractivity (Wildman–Crippen MR) is 92.9 cm³/mol. The van der Waals surface area contributed by atoms with Gasteiger partial charge in [-0.3, -0.25) is 9.59 Å². The van der Waals surface area contributed by atoms with Crippen LogP contribution in [0.3, 0.4) is 0 Å². The monoisotopic (exact) mass is 394 g/mol. The summed E-state index contributed by atoms with van der Waals surface area (Å²) in [6, 6.07) is 4.88. The smallest absolute Gasteiger partial charge is 0.378 e. The third kappa shape index (κ3) is 4.45. The molecule has 3 rings (SSSR count). The molecule has 2 heterocycles. The van der Waals surface area contributed by atoms with Crippen molar-refractivity contribution in [1.82, 2.24) is 14.9 Å². The fraction of sp³-hybridized carbons (Fsp3) is 0.333. The van der Waals surface area contributed by atoms with Gasteiger partial charge < -0.3 is 15.0 Å². The first-order valence-electron chi connectivity index (χ1n) is 8.44. The van der Waals surface area contributed by atoms with Crippen molar-refractivity contribution in [3.8, 4) is 0 Å². The van der Waals surface area contributed by atoms with Crippen molar-refractivity contribution in [2.75, 3.05) is 31.6 Å². The van der Waals surface area contributed by atoms with E-state index in [1.807, 2.05) is 0 Å². The van der Waals surface area contributed by atoms with Gasteiger partial charge in [-0.1, -0.05) is 6.07 Å². The lowest BCUT2D eigenvalue weighted by Crippen LogP contribution is -2.40. The van der Waals surface area contributed by atoms with Gasteiger partial charge in [0.15, 0.2) is 0 Å². The summed E-state index contributed by atoms with van der Waals surface area (Å²) in [4.78, 5) is 32.9. The van der Waals surface area contributed by atoms with Crippen LogP contribution in [0.4, 0.5) is 18.9 Å². The van der Waals surface area contributed by atoms with Gasteiger partial charge in [-0.25, -0.2) is 9.97 Å². The van der Waals surface area contributed by atoms with E-state index >= 15 is 0 Å². The highest BCUT2D eigenvalue weighted by Gasteiger charge is 2.34. The molecule has 0 aliphatic carbocycles. The number of benzene rings is 1. The molecular formula is C18H17F3N4O3. The lowest BCUT2D eigenvalue weighted by Gasteiger charge is -2.27. The van der Waals surface area contributed by atoms with Crippen molar-refractivity contribution in [2.45, 2.75) is 13.1 Å². The van der Waals surface area contributed by atoms with Crippen LogP contribution in [0, 0.1) is 6.92 Å². The van der Waals surface area contributed by atoms with Gasteiger partial charge in [0.1, 0.15) is 0 Å². The van der Waals surface area contributed by atoms with Crippen LogP contribution in [-0.2, 0) is 10.9 Å². The molecule has 1 aromatic carbocycles. The SMILES string of the molecule is Cc1ccc(C(=O)N2CCOCC2)cc1NC(=O)c1cnc(C(F)(F)F)nc1. The Kier molecular flexibility index (Phi) is 5.59. The lowest BCUT2D eigenvalue weighted by atomic mass is 10.1. The largest absolute Gasteiger partial charge is 0.451 e. The average Bonchev–Trinajstić information content (AvgIpc) is 2.69. The number of amides is 2. The zero-order valence-electron chi connectivity index (χ0n) is 14.9. The summed E-state index contributed by atoms with van der Waals surface area (Å²) in [5.41, 5.74) is 1.34. The molecule has 1 aliphatic heterocycles. The van der Waals surface area contributed by atoms with Crippen LogP contribution in [0.1, 0.15) is 32.1 Å². The van der Waals surface area contributed by atoms with Crippen LogP contribution in [0.2, 0.25) is 0 Å². The molecule has 0 bridgehead atoms. The first-order valence-corrected chi connectivity index (χ1v) is 8.44. The van der Waals surface area contributed by atoms with Crippen LogP contribution in [-0.4, -0.2) is 53.0 Å². The van der Waals surface area contributed by atoms with Gasteiger partial charge >= 0.3 is 6.18 Å². The fourth-order valence-electron chi connectivity index (χ4n) is 2.62. The second-order valence-corrected chi connectivity index (χ2v) is 6.18. The standard InChI is InChI=1S/C18H17F3N4O3/c1-11-2-3-12(16(27)25-4-6-28-7-5-25)8-14(11)24-15(26)13-9-22-17(23-10-13)18(19,20)21/h2-3,8-10H,4-7H2,1H3,(H,24,26). The number of aromatic nitrogens is 2. The molecule has 1 N–H and O–H groups in total. The minimum atomic E-state index is -4.68. The maximum absolute atomic E-state index is 12.6. The van der Waals surface area contributed by atoms with Gasteiger partial charge in [0.25, 0.3) is 11.8 Å². The van der Waals surface area contributed by atoms with E-state index in [1.165, 1.54) is 6.07 Å². The molecule has 28 heavy (non-hydrogen) atoms. The number of halogens is 3. The first kappa shape index (κ1) is 19.7. The third-order valence-corrected chi connectivity index (χ3v) is 4.20. The van der Waals surface area contributed by atoms with Gasteiger partial charge in [-0.05, 0) is 24.6 Å². The number of carbonyl (C=O) groups is 2. The highest BCUT2D eigenvalue weighted by molar-refractivity contribution is 6.05.